The summed E-state index contributed by atoms with van der Waals surface area (Å²) in [7, 11) is 0. The average Bonchev–Trinajstić information content (AvgIpc) is 2.48. The molecule has 2 aromatic heterocycles. The summed E-state index contributed by atoms with van der Waals surface area (Å²) in [4.78, 5) is 23.3. The van der Waals surface area contributed by atoms with E-state index in [4.69, 9.17) is 0 Å². The molecule has 0 fully saturated rings. The van der Waals surface area contributed by atoms with Crippen LogP contribution in [-0.4, -0.2) is 27.7 Å². The number of hydrogen-bond acceptors (Lipinski definition) is 6. The minimum atomic E-state index is -0.915. The number of amides is 1. The predicted molar refractivity (Wildman–Crippen MR) is 66.3 cm³/mol. The maximum atomic E-state index is 11.7. The molecule has 98 valence electrons. The summed E-state index contributed by atoms with van der Waals surface area (Å²) in [5.41, 5.74) is 0.716. The van der Waals surface area contributed by atoms with Gasteiger partial charge in [-0.2, -0.15) is 9.78 Å². The van der Waals surface area contributed by atoms with Gasteiger partial charge in [0.2, 0.25) is 5.82 Å². The zero-order valence-electron chi connectivity index (χ0n) is 10.2. The van der Waals surface area contributed by atoms with Crippen molar-refractivity contribution in [3.63, 3.8) is 0 Å². The van der Waals surface area contributed by atoms with Crippen LogP contribution in [0, 0.1) is 5.21 Å². The highest BCUT2D eigenvalue weighted by atomic mass is 16.6. The van der Waals surface area contributed by atoms with Crippen LogP contribution in [0.2, 0.25) is 0 Å². The fourth-order valence-electron chi connectivity index (χ4n) is 1.43. The van der Waals surface area contributed by atoms with E-state index in [0.717, 1.165) is 0 Å². The molecule has 0 aliphatic carbocycles. The van der Waals surface area contributed by atoms with Gasteiger partial charge in [0, 0.05) is 30.2 Å². The van der Waals surface area contributed by atoms with E-state index in [1.807, 2.05) is 0 Å². The molecule has 2 rings (SSSR count). The summed E-state index contributed by atoms with van der Waals surface area (Å²) in [6, 6.07) is 4.81. The first kappa shape index (κ1) is 13.1. The Bertz CT molecular complexity index is 562. The summed E-state index contributed by atoms with van der Waals surface area (Å²) in [6.45, 7) is 1.78. The van der Waals surface area contributed by atoms with Crippen LogP contribution in [0.3, 0.4) is 0 Å². The van der Waals surface area contributed by atoms with Gasteiger partial charge in [-0.15, -0.1) is 0 Å². The maximum Gasteiger partial charge on any atom is 0.520 e. The lowest BCUT2D eigenvalue weighted by Crippen LogP contribution is -3.05. The molecule has 2 aromatic rings. The van der Waals surface area contributed by atoms with Crippen molar-refractivity contribution in [3.05, 3.63) is 42.0 Å². The second-order valence-corrected chi connectivity index (χ2v) is 3.55. The Labute approximate surface area is 109 Å². The van der Waals surface area contributed by atoms with E-state index >= 15 is 0 Å². The van der Waals surface area contributed by atoms with Crippen LogP contribution in [0.4, 0.5) is 10.6 Å². The van der Waals surface area contributed by atoms with Crippen LogP contribution >= 0.6 is 0 Å². The van der Waals surface area contributed by atoms with E-state index in [0.29, 0.717) is 11.4 Å². The van der Waals surface area contributed by atoms with Crippen molar-refractivity contribution < 1.29 is 14.6 Å². The molecule has 1 atom stereocenters. The fourth-order valence-corrected chi connectivity index (χ4v) is 1.43. The highest BCUT2D eigenvalue weighted by molar-refractivity contribution is 5.61. The molecule has 0 bridgehead atoms. The lowest BCUT2D eigenvalue weighted by Gasteiger charge is -2.16. The minimum Gasteiger partial charge on any atom is -0.617 e. The topological polar surface area (TPSA) is 92.5 Å². The van der Waals surface area contributed by atoms with Crippen molar-refractivity contribution in [2.75, 3.05) is 6.61 Å². The summed E-state index contributed by atoms with van der Waals surface area (Å²) in [5.74, 6) is 0.373. The number of hydroxylamine groups is 1. The molecular formula is C12H12N4O3. The van der Waals surface area contributed by atoms with E-state index in [-0.39, 0.29) is 12.4 Å². The normalized spacial score (nSPS) is 11.9. The van der Waals surface area contributed by atoms with Crippen LogP contribution < -0.4 is 5.06 Å². The Morgan fingerprint density at radius 1 is 1.32 bits per heavy atom. The van der Waals surface area contributed by atoms with Gasteiger partial charge in [0.05, 0.1) is 6.61 Å². The number of quaternary nitrogens is 1. The van der Waals surface area contributed by atoms with E-state index < -0.39 is 11.2 Å². The van der Waals surface area contributed by atoms with E-state index in [1.165, 1.54) is 12.3 Å². The van der Waals surface area contributed by atoms with Crippen molar-refractivity contribution in [2.45, 2.75) is 6.92 Å². The third-order valence-electron chi connectivity index (χ3n) is 2.29. The van der Waals surface area contributed by atoms with Gasteiger partial charge in [0.15, 0.2) is 5.82 Å². The third-order valence-corrected chi connectivity index (χ3v) is 2.29. The largest absolute Gasteiger partial charge is 0.617 e. The lowest BCUT2D eigenvalue weighted by atomic mass is 10.2. The molecule has 0 saturated carbocycles. The van der Waals surface area contributed by atoms with Crippen LogP contribution in [0.5, 0.6) is 0 Å². The van der Waals surface area contributed by atoms with Gasteiger partial charge >= 0.3 is 6.09 Å². The number of carbonyl (C=O) groups excluding carboxylic acids is 1. The van der Waals surface area contributed by atoms with Gasteiger partial charge in [-0.3, -0.25) is 4.98 Å². The number of carbonyl (C=O) groups is 1. The Balaban J connectivity index is 2.27. The second kappa shape index (κ2) is 5.98. The van der Waals surface area contributed by atoms with Gasteiger partial charge in [0.25, 0.3) is 0 Å². The first-order chi connectivity index (χ1) is 9.22. The first-order valence-electron chi connectivity index (χ1n) is 5.67. The smallest absolute Gasteiger partial charge is 0.520 e. The van der Waals surface area contributed by atoms with Crippen molar-refractivity contribution in [1.29, 1.82) is 0 Å². The zero-order valence-corrected chi connectivity index (χ0v) is 10.2. The van der Waals surface area contributed by atoms with Gasteiger partial charge < -0.3 is 9.94 Å². The van der Waals surface area contributed by atoms with Crippen molar-refractivity contribution in [3.8, 4) is 11.4 Å². The predicted octanol–water partition coefficient (Wildman–Crippen LogP) is 0.709. The number of nitrogens with zero attached hydrogens (tertiary/aromatic N) is 3. The first-order valence-corrected chi connectivity index (χ1v) is 5.67. The van der Waals surface area contributed by atoms with Gasteiger partial charge in [-0.1, -0.05) is 0 Å². The Hall–Kier alpha value is -2.38. The summed E-state index contributed by atoms with van der Waals surface area (Å²) in [5, 5.41) is 11.0. The SMILES string of the molecule is CCOC(=O)[NH+]([O-])c1ccnc(-c2ccncc2)n1. The summed E-state index contributed by atoms with van der Waals surface area (Å²) < 4.78 is 4.64. The van der Waals surface area contributed by atoms with Crippen LogP contribution in [-0.2, 0) is 4.74 Å². The molecule has 19 heavy (non-hydrogen) atoms. The molecule has 1 amide bonds. The fraction of sp³-hybridized carbons (Fsp3) is 0.167. The molecule has 0 spiro atoms. The minimum absolute atomic E-state index is 0.0141. The third kappa shape index (κ3) is 3.09. The highest BCUT2D eigenvalue weighted by Crippen LogP contribution is 2.13. The molecule has 0 saturated heterocycles. The quantitative estimate of drug-likeness (QED) is 0.817. The van der Waals surface area contributed by atoms with E-state index in [2.05, 4.69) is 19.7 Å². The molecule has 2 heterocycles. The molecule has 0 aliphatic heterocycles. The molecule has 1 unspecified atom stereocenters. The van der Waals surface area contributed by atoms with Crippen LogP contribution in [0.15, 0.2) is 36.8 Å². The van der Waals surface area contributed by atoms with Gasteiger partial charge in [-0.25, -0.2) is 10.0 Å². The van der Waals surface area contributed by atoms with Gasteiger partial charge in [-0.05, 0) is 19.1 Å². The number of rotatable bonds is 3. The number of pyridine rings is 1. The van der Waals surface area contributed by atoms with E-state index in [1.54, 1.807) is 31.5 Å². The molecule has 7 nitrogen and oxygen atoms in total. The number of hydrogen-bond donors (Lipinski definition) is 1. The Morgan fingerprint density at radius 3 is 2.74 bits per heavy atom. The van der Waals surface area contributed by atoms with Crippen molar-refractivity contribution in [2.24, 2.45) is 0 Å². The maximum absolute atomic E-state index is 11.7. The number of ether oxygens (including phenoxy) is 1. The zero-order chi connectivity index (χ0) is 13.7. The van der Waals surface area contributed by atoms with Crippen molar-refractivity contribution >= 4 is 11.9 Å². The average molecular weight is 260 g/mol. The molecule has 0 aromatic carbocycles. The second-order valence-electron chi connectivity index (χ2n) is 3.55. The number of nitrogens with one attached hydrogen (secondary N) is 1. The Kier molecular flexibility index (Phi) is 4.11. The van der Waals surface area contributed by atoms with Crippen molar-refractivity contribution in [1.82, 2.24) is 15.0 Å². The van der Waals surface area contributed by atoms with Crippen LogP contribution in [0.1, 0.15) is 6.92 Å². The van der Waals surface area contributed by atoms with E-state index in [9.17, 15) is 10.0 Å². The molecule has 1 N–H and O–H groups in total. The highest BCUT2D eigenvalue weighted by Gasteiger charge is 2.17. The lowest BCUT2D eigenvalue weighted by molar-refractivity contribution is -0.695. The number of aromatic nitrogens is 3. The molecule has 0 aliphatic rings. The monoisotopic (exact) mass is 260 g/mol. The summed E-state index contributed by atoms with van der Waals surface area (Å²) >= 11 is 0. The van der Waals surface area contributed by atoms with Crippen LogP contribution in [0.25, 0.3) is 11.4 Å². The standard InChI is InChI=1S/C12H12N4O3/c1-2-19-12(17)16(18)10-5-8-14-11(15-10)9-3-6-13-7-4-9/h3-8,16H,2H2,1H3. The molecule has 0 radical (unpaired) electrons. The van der Waals surface area contributed by atoms with Gasteiger partial charge in [0.1, 0.15) is 0 Å². The molecular weight excluding hydrogens is 248 g/mol. The molecule has 7 heteroatoms. The Morgan fingerprint density at radius 2 is 2.05 bits per heavy atom. The summed E-state index contributed by atoms with van der Waals surface area (Å²) in [6.07, 6.45) is 3.70.